The van der Waals surface area contributed by atoms with Gasteiger partial charge >= 0.3 is 0 Å². The minimum absolute atomic E-state index is 0.0843. The van der Waals surface area contributed by atoms with Crippen LogP contribution in [0.5, 0.6) is 5.75 Å². The van der Waals surface area contributed by atoms with E-state index in [1.54, 1.807) is 35.1 Å². The van der Waals surface area contributed by atoms with Crippen molar-refractivity contribution in [2.75, 3.05) is 32.8 Å². The van der Waals surface area contributed by atoms with Crippen molar-refractivity contribution >= 4 is 5.65 Å². The molecule has 2 aromatic carbocycles. The zero-order valence-corrected chi connectivity index (χ0v) is 21.3. The average Bonchev–Trinajstić information content (AvgIpc) is 3.53. The molecular formula is C29H31F2N5O2. The van der Waals surface area contributed by atoms with Crippen LogP contribution in [0, 0.1) is 0 Å². The van der Waals surface area contributed by atoms with Crippen molar-refractivity contribution in [3.05, 3.63) is 72.7 Å². The molecule has 198 valence electrons. The van der Waals surface area contributed by atoms with Crippen LogP contribution in [0.25, 0.3) is 27.9 Å². The number of hydrogen-bond donors (Lipinski definition) is 1. The van der Waals surface area contributed by atoms with Crippen LogP contribution in [0.15, 0.2) is 67.1 Å². The highest BCUT2D eigenvalue weighted by atomic mass is 19.3. The zero-order chi connectivity index (χ0) is 26.3. The summed E-state index contributed by atoms with van der Waals surface area (Å²) in [7, 11) is 0. The Kier molecular flexibility index (Phi) is 6.37. The van der Waals surface area contributed by atoms with E-state index in [4.69, 9.17) is 15.2 Å². The molecule has 0 radical (unpaired) electrons. The van der Waals surface area contributed by atoms with Gasteiger partial charge in [-0.05, 0) is 47.7 Å². The second-order valence-corrected chi connectivity index (χ2v) is 10.4. The first-order valence-electron chi connectivity index (χ1n) is 13.0. The summed E-state index contributed by atoms with van der Waals surface area (Å²) in [6.45, 7) is 5.27. The summed E-state index contributed by atoms with van der Waals surface area (Å²) in [5, 5.41) is 4.47. The van der Waals surface area contributed by atoms with Crippen LogP contribution in [0.2, 0.25) is 0 Å². The second kappa shape index (κ2) is 9.72. The Balaban J connectivity index is 1.18. The van der Waals surface area contributed by atoms with Gasteiger partial charge in [-0.15, -0.1) is 0 Å². The Morgan fingerprint density at radius 1 is 1.05 bits per heavy atom. The topological polar surface area (TPSA) is 77.9 Å². The van der Waals surface area contributed by atoms with E-state index in [1.165, 1.54) is 0 Å². The van der Waals surface area contributed by atoms with Crippen LogP contribution in [0.1, 0.15) is 31.4 Å². The fourth-order valence-corrected chi connectivity index (χ4v) is 4.98. The number of morpholine rings is 1. The quantitative estimate of drug-likeness (QED) is 0.355. The first-order chi connectivity index (χ1) is 18.3. The van der Waals surface area contributed by atoms with Crippen molar-refractivity contribution in [3.8, 4) is 28.0 Å². The van der Waals surface area contributed by atoms with Gasteiger partial charge < -0.3 is 15.2 Å². The molecule has 2 fully saturated rings. The molecule has 2 aliphatic rings. The number of alkyl halides is 2. The predicted octanol–water partition coefficient (Wildman–Crippen LogP) is 4.96. The number of rotatable bonds is 8. The molecule has 4 aromatic rings. The highest BCUT2D eigenvalue weighted by Gasteiger charge is 2.47. The van der Waals surface area contributed by atoms with E-state index in [0.29, 0.717) is 11.2 Å². The number of aromatic nitrogens is 3. The maximum atomic E-state index is 13.8. The van der Waals surface area contributed by atoms with Crippen molar-refractivity contribution < 1.29 is 18.3 Å². The molecule has 2 aromatic heterocycles. The Labute approximate surface area is 220 Å². The SMILES string of the molecule is CC(F)(F)C(N)c1cccc(-c2cnn3cc(-c4ccc(OC5(CN6CCOCC6)CC5)cc4)cnc23)c1. The van der Waals surface area contributed by atoms with Crippen LogP contribution >= 0.6 is 0 Å². The van der Waals surface area contributed by atoms with E-state index in [9.17, 15) is 8.78 Å². The standard InChI is InChI=1S/C29H31F2N5O2/c1-28(30,31)26(32)22-4-2-3-21(15-22)25-17-34-36-18-23(16-33-27(25)36)20-5-7-24(8-6-20)38-29(9-10-29)19-35-11-13-37-14-12-35/h2-8,15-18,26H,9-14,19,32H2,1H3. The van der Waals surface area contributed by atoms with E-state index in [2.05, 4.69) is 15.0 Å². The van der Waals surface area contributed by atoms with Crippen LogP contribution in [-0.4, -0.2) is 63.9 Å². The number of nitrogens with zero attached hydrogens (tertiary/aromatic N) is 4. The van der Waals surface area contributed by atoms with Gasteiger partial charge in [0, 0.05) is 50.1 Å². The number of ether oxygens (including phenoxy) is 2. The summed E-state index contributed by atoms with van der Waals surface area (Å²) in [5.41, 5.74) is 10.1. The highest BCUT2D eigenvalue weighted by molar-refractivity contribution is 5.78. The van der Waals surface area contributed by atoms with Crippen LogP contribution in [-0.2, 0) is 4.74 Å². The lowest BCUT2D eigenvalue weighted by Gasteiger charge is -2.30. The molecule has 1 atom stereocenters. The molecule has 1 unspecified atom stereocenters. The van der Waals surface area contributed by atoms with E-state index in [-0.39, 0.29) is 5.60 Å². The van der Waals surface area contributed by atoms with Gasteiger partial charge in [0.05, 0.1) is 25.5 Å². The van der Waals surface area contributed by atoms with Gasteiger partial charge in [-0.25, -0.2) is 18.3 Å². The molecule has 38 heavy (non-hydrogen) atoms. The molecule has 7 nitrogen and oxygen atoms in total. The van der Waals surface area contributed by atoms with Crippen LogP contribution in [0.4, 0.5) is 8.78 Å². The van der Waals surface area contributed by atoms with Crippen molar-refractivity contribution in [1.82, 2.24) is 19.5 Å². The fourth-order valence-electron chi connectivity index (χ4n) is 4.98. The number of halogens is 2. The second-order valence-electron chi connectivity index (χ2n) is 10.4. The third kappa shape index (κ3) is 5.14. The maximum absolute atomic E-state index is 13.8. The number of benzene rings is 2. The van der Waals surface area contributed by atoms with E-state index in [1.807, 2.05) is 36.5 Å². The van der Waals surface area contributed by atoms with E-state index >= 15 is 0 Å². The molecule has 0 spiro atoms. The molecule has 1 saturated heterocycles. The molecule has 2 N–H and O–H groups in total. The van der Waals surface area contributed by atoms with Gasteiger partial charge in [0.2, 0.25) is 0 Å². The van der Waals surface area contributed by atoms with Gasteiger partial charge in [0.25, 0.3) is 5.92 Å². The lowest BCUT2D eigenvalue weighted by atomic mass is 9.98. The number of fused-ring (bicyclic) bond motifs is 1. The first kappa shape index (κ1) is 24.9. The van der Waals surface area contributed by atoms with Gasteiger partial charge in [-0.3, -0.25) is 4.90 Å². The summed E-state index contributed by atoms with van der Waals surface area (Å²) < 4.78 is 41.1. The molecule has 1 aliphatic carbocycles. The monoisotopic (exact) mass is 519 g/mol. The van der Waals surface area contributed by atoms with Gasteiger partial charge in [-0.2, -0.15) is 5.10 Å². The third-order valence-corrected chi connectivity index (χ3v) is 7.40. The zero-order valence-electron chi connectivity index (χ0n) is 21.3. The third-order valence-electron chi connectivity index (χ3n) is 7.40. The Bertz CT molecular complexity index is 1420. The minimum Gasteiger partial charge on any atom is -0.486 e. The van der Waals surface area contributed by atoms with Gasteiger partial charge in [0.1, 0.15) is 11.4 Å². The molecule has 0 bridgehead atoms. The minimum atomic E-state index is -3.02. The number of nitrogens with two attached hydrogens (primary N) is 1. The first-order valence-corrected chi connectivity index (χ1v) is 13.0. The molecule has 9 heteroatoms. The molecular weight excluding hydrogens is 488 g/mol. The van der Waals surface area contributed by atoms with Crippen molar-refractivity contribution in [3.63, 3.8) is 0 Å². The lowest BCUT2D eigenvalue weighted by molar-refractivity contribution is -0.00618. The molecule has 0 amide bonds. The Hall–Kier alpha value is -3.40. The van der Waals surface area contributed by atoms with Crippen LogP contribution in [0.3, 0.4) is 0 Å². The lowest BCUT2D eigenvalue weighted by Crippen LogP contribution is -2.43. The molecule has 6 rings (SSSR count). The van der Waals surface area contributed by atoms with Crippen molar-refractivity contribution in [2.24, 2.45) is 5.73 Å². The molecule has 1 aliphatic heterocycles. The normalized spacial score (nSPS) is 18.4. The summed E-state index contributed by atoms with van der Waals surface area (Å²) in [6.07, 6.45) is 7.56. The smallest absolute Gasteiger partial charge is 0.264 e. The largest absolute Gasteiger partial charge is 0.486 e. The maximum Gasteiger partial charge on any atom is 0.264 e. The Morgan fingerprint density at radius 2 is 1.82 bits per heavy atom. The van der Waals surface area contributed by atoms with Crippen molar-refractivity contribution in [2.45, 2.75) is 37.3 Å². The molecule has 1 saturated carbocycles. The average molecular weight is 520 g/mol. The van der Waals surface area contributed by atoms with Crippen molar-refractivity contribution in [1.29, 1.82) is 0 Å². The van der Waals surface area contributed by atoms with Gasteiger partial charge in [-0.1, -0.05) is 30.3 Å². The summed E-state index contributed by atoms with van der Waals surface area (Å²) >= 11 is 0. The van der Waals surface area contributed by atoms with Crippen LogP contribution < -0.4 is 10.5 Å². The summed E-state index contributed by atoms with van der Waals surface area (Å²) in [5.74, 6) is -2.15. The predicted molar refractivity (Wildman–Crippen MR) is 141 cm³/mol. The fraction of sp³-hybridized carbons (Fsp3) is 0.379. The van der Waals surface area contributed by atoms with E-state index < -0.39 is 12.0 Å². The number of hydrogen-bond acceptors (Lipinski definition) is 6. The summed E-state index contributed by atoms with van der Waals surface area (Å²) in [4.78, 5) is 7.07. The summed E-state index contributed by atoms with van der Waals surface area (Å²) in [6, 6.07) is 13.6. The molecule has 3 heterocycles. The van der Waals surface area contributed by atoms with E-state index in [0.717, 1.165) is 80.6 Å². The van der Waals surface area contributed by atoms with Gasteiger partial charge in [0.15, 0.2) is 5.65 Å². The highest BCUT2D eigenvalue weighted by Crippen LogP contribution is 2.41. The Morgan fingerprint density at radius 3 is 2.53 bits per heavy atom.